The molecule has 0 amide bonds. The van der Waals surface area contributed by atoms with E-state index in [1.807, 2.05) is 0 Å². The first kappa shape index (κ1) is 43.6. The van der Waals surface area contributed by atoms with Gasteiger partial charge >= 0.3 is 11.9 Å². The van der Waals surface area contributed by atoms with Gasteiger partial charge in [0.25, 0.3) is 0 Å². The Bertz CT molecular complexity index is 1280. The van der Waals surface area contributed by atoms with Crippen LogP contribution in [0, 0.1) is 57.5 Å². The maximum atomic E-state index is 12.9. The number of carbonyl (C=O) groups is 2. The topological polar surface area (TPSA) is 161 Å². The van der Waals surface area contributed by atoms with Crippen LogP contribution in [0.3, 0.4) is 0 Å². The summed E-state index contributed by atoms with van der Waals surface area (Å²) in [7, 11) is 3.41. The van der Waals surface area contributed by atoms with Gasteiger partial charge in [-0.1, -0.05) is 5.92 Å². The zero-order valence-corrected chi connectivity index (χ0v) is 32.5. The van der Waals surface area contributed by atoms with Crippen LogP contribution in [0.15, 0.2) is 10.2 Å². The predicted molar refractivity (Wildman–Crippen MR) is 200 cm³/mol. The number of esters is 2. The summed E-state index contributed by atoms with van der Waals surface area (Å²) in [5.74, 6) is 11.3. The number of nitro groups is 1. The summed E-state index contributed by atoms with van der Waals surface area (Å²) < 4.78 is 21.6. The second-order valence-electron chi connectivity index (χ2n) is 15.3. The zero-order valence-electron chi connectivity index (χ0n) is 32.5. The Morgan fingerprint density at radius 2 is 1.19 bits per heavy atom. The van der Waals surface area contributed by atoms with Crippen LogP contribution in [0.4, 0.5) is 0 Å². The van der Waals surface area contributed by atoms with E-state index in [9.17, 15) is 19.7 Å². The van der Waals surface area contributed by atoms with E-state index in [0.29, 0.717) is 57.1 Å². The van der Waals surface area contributed by atoms with Crippen molar-refractivity contribution in [3.05, 3.63) is 10.1 Å². The molecule has 0 radical (unpaired) electrons. The minimum atomic E-state index is -0.425. The number of carbonyl (C=O) groups excluding carboxylic acids is 2. The SMILES string of the molecule is COCCN(CCOC(=O)C1CCC(COOCC#CC#CCOC(=O)C2CCC(COC)CC2)CC1)C1CCC(N=NC2CCC([N+](=O)[O-])CC2)CC1. The summed E-state index contributed by atoms with van der Waals surface area (Å²) >= 11 is 0. The highest BCUT2D eigenvalue weighted by Gasteiger charge is 2.31. The Hall–Kier alpha value is -3.14. The third-order valence-electron chi connectivity index (χ3n) is 11.6. The smallest absolute Gasteiger partial charge is 0.309 e. The lowest BCUT2D eigenvalue weighted by Gasteiger charge is -2.35. The highest BCUT2D eigenvalue weighted by Crippen LogP contribution is 2.32. The Morgan fingerprint density at radius 3 is 1.76 bits per heavy atom. The van der Waals surface area contributed by atoms with Crippen LogP contribution in [0.25, 0.3) is 0 Å². The molecular formula is C40H62N4O10. The lowest BCUT2D eigenvalue weighted by Crippen LogP contribution is -2.42. The fourth-order valence-electron chi connectivity index (χ4n) is 8.15. The summed E-state index contributed by atoms with van der Waals surface area (Å²) in [5, 5.41) is 20.2. The molecule has 4 saturated carbocycles. The molecule has 14 nitrogen and oxygen atoms in total. The average Bonchev–Trinajstić information content (AvgIpc) is 3.20. The van der Waals surface area contributed by atoms with Gasteiger partial charge in [-0.15, -0.1) is 0 Å². The Labute approximate surface area is 321 Å². The van der Waals surface area contributed by atoms with Gasteiger partial charge < -0.3 is 18.9 Å². The van der Waals surface area contributed by atoms with Crippen LogP contribution in [-0.4, -0.2) is 113 Å². The van der Waals surface area contributed by atoms with E-state index in [-0.39, 0.29) is 54.0 Å². The van der Waals surface area contributed by atoms with E-state index >= 15 is 0 Å². The van der Waals surface area contributed by atoms with Crippen molar-refractivity contribution in [1.82, 2.24) is 4.90 Å². The van der Waals surface area contributed by atoms with E-state index in [1.54, 1.807) is 14.2 Å². The lowest BCUT2D eigenvalue weighted by atomic mass is 9.82. The van der Waals surface area contributed by atoms with Crippen molar-refractivity contribution in [2.24, 2.45) is 33.9 Å². The van der Waals surface area contributed by atoms with Gasteiger partial charge in [-0.3, -0.25) is 24.6 Å². The molecule has 0 aromatic carbocycles. The molecule has 0 aromatic heterocycles. The van der Waals surface area contributed by atoms with Crippen molar-refractivity contribution < 1.29 is 43.2 Å². The molecule has 0 spiro atoms. The summed E-state index contributed by atoms with van der Waals surface area (Å²) in [4.78, 5) is 48.9. The molecule has 4 aliphatic rings. The monoisotopic (exact) mass is 758 g/mol. The number of ether oxygens (including phenoxy) is 4. The third kappa shape index (κ3) is 15.9. The first-order chi connectivity index (χ1) is 26.4. The molecule has 14 heteroatoms. The van der Waals surface area contributed by atoms with Crippen molar-refractivity contribution >= 4 is 11.9 Å². The molecule has 0 heterocycles. The fraction of sp³-hybridized carbons (Fsp3) is 0.850. The number of azo groups is 1. The summed E-state index contributed by atoms with van der Waals surface area (Å²) in [6, 6.07) is 0.275. The average molecular weight is 759 g/mol. The van der Waals surface area contributed by atoms with Crippen molar-refractivity contribution in [2.45, 2.75) is 127 Å². The molecule has 0 unspecified atom stereocenters. The van der Waals surface area contributed by atoms with Gasteiger partial charge in [-0.2, -0.15) is 10.2 Å². The highest BCUT2D eigenvalue weighted by atomic mass is 17.2. The van der Waals surface area contributed by atoms with Gasteiger partial charge in [0, 0.05) is 57.7 Å². The second kappa shape index (κ2) is 25.1. The normalized spacial score (nSPS) is 28.7. The maximum absolute atomic E-state index is 12.9. The summed E-state index contributed by atoms with van der Waals surface area (Å²) in [6.07, 6.45) is 13.5. The molecule has 0 N–H and O–H groups in total. The van der Waals surface area contributed by atoms with E-state index in [2.05, 4.69) is 38.8 Å². The van der Waals surface area contributed by atoms with Crippen molar-refractivity contribution in [3.8, 4) is 23.7 Å². The third-order valence-corrected chi connectivity index (χ3v) is 11.6. The maximum Gasteiger partial charge on any atom is 0.309 e. The first-order valence-electron chi connectivity index (χ1n) is 20.1. The van der Waals surface area contributed by atoms with Gasteiger partial charge in [-0.25, -0.2) is 9.78 Å². The van der Waals surface area contributed by atoms with Gasteiger partial charge in [0.2, 0.25) is 6.04 Å². The Kier molecular flexibility index (Phi) is 20.3. The molecule has 0 bridgehead atoms. The van der Waals surface area contributed by atoms with Gasteiger partial charge in [0.05, 0.1) is 37.1 Å². The molecule has 0 aliphatic heterocycles. The number of rotatable bonds is 19. The molecule has 0 saturated heterocycles. The fourth-order valence-corrected chi connectivity index (χ4v) is 8.15. The van der Waals surface area contributed by atoms with Gasteiger partial charge in [0.15, 0.2) is 6.61 Å². The van der Waals surface area contributed by atoms with Crippen molar-refractivity contribution in [1.29, 1.82) is 0 Å². The Morgan fingerprint density at radius 1 is 0.648 bits per heavy atom. The van der Waals surface area contributed by atoms with Crippen LogP contribution in [0.1, 0.15) is 103 Å². The minimum Gasteiger partial charge on any atom is -0.464 e. The largest absolute Gasteiger partial charge is 0.464 e. The van der Waals surface area contributed by atoms with Gasteiger partial charge in [0.1, 0.15) is 13.2 Å². The van der Waals surface area contributed by atoms with E-state index in [1.165, 1.54) is 0 Å². The number of hydrogen-bond donors (Lipinski definition) is 0. The van der Waals surface area contributed by atoms with Crippen LogP contribution >= 0.6 is 0 Å². The standard InChI is InChI=1S/C40H62N4O10/c1-49-27-23-43(37-19-15-35(16-20-37)41-42-36-17-21-38(22-18-36)44(47)48)24-28-52-40(46)34-13-9-32(10-14-34)30-54-53-26-6-4-3-5-25-51-39(45)33-11-7-31(8-12-33)29-50-2/h31-38H,7-30H2,1-2H3. The zero-order chi connectivity index (χ0) is 38.4. The molecule has 54 heavy (non-hydrogen) atoms. The minimum absolute atomic E-state index is 0.0306. The van der Waals surface area contributed by atoms with Crippen molar-refractivity contribution in [3.63, 3.8) is 0 Å². The summed E-state index contributed by atoms with van der Waals surface area (Å²) in [6.45, 7) is 3.75. The molecule has 302 valence electrons. The van der Waals surface area contributed by atoms with Crippen LogP contribution in [0.5, 0.6) is 0 Å². The summed E-state index contributed by atoms with van der Waals surface area (Å²) in [5.41, 5.74) is 0. The molecule has 4 rings (SSSR count). The van der Waals surface area contributed by atoms with E-state index in [4.69, 9.17) is 28.7 Å². The molecule has 0 atom stereocenters. The molecule has 4 fully saturated rings. The highest BCUT2D eigenvalue weighted by molar-refractivity contribution is 5.73. The first-order valence-corrected chi connectivity index (χ1v) is 20.1. The Balaban J connectivity index is 1.02. The number of nitrogens with zero attached hydrogens (tertiary/aromatic N) is 4. The molecular weight excluding hydrogens is 696 g/mol. The van der Waals surface area contributed by atoms with E-state index < -0.39 is 6.04 Å². The van der Waals surface area contributed by atoms with Crippen molar-refractivity contribution in [2.75, 3.05) is 67.0 Å². The molecule has 0 aromatic rings. The van der Waals surface area contributed by atoms with Gasteiger partial charge in [-0.05, 0) is 119 Å². The number of methoxy groups -OCH3 is 2. The van der Waals surface area contributed by atoms with Crippen LogP contribution < -0.4 is 0 Å². The predicted octanol–water partition coefficient (Wildman–Crippen LogP) is 5.59. The quantitative estimate of drug-likeness (QED) is 0.0307. The second-order valence-corrected chi connectivity index (χ2v) is 15.3. The molecule has 4 aliphatic carbocycles. The van der Waals surface area contributed by atoms with Crippen LogP contribution in [-0.2, 0) is 38.3 Å². The van der Waals surface area contributed by atoms with E-state index in [0.717, 1.165) is 103 Å². The van der Waals surface area contributed by atoms with Crippen LogP contribution in [0.2, 0.25) is 0 Å². The number of hydrogen-bond acceptors (Lipinski definition) is 13. The lowest BCUT2D eigenvalue weighted by molar-refractivity contribution is -0.526.